The number of carbonyl (C=O) groups excluding carboxylic acids is 1. The largest absolute Gasteiger partial charge is 0.293 e. The summed E-state index contributed by atoms with van der Waals surface area (Å²) in [5.41, 5.74) is 2.47. The summed E-state index contributed by atoms with van der Waals surface area (Å²) in [4.78, 5) is 12.8. The average Bonchev–Trinajstić information content (AvgIpc) is 2.75. The third-order valence-corrected chi connectivity index (χ3v) is 4.30. The smallest absolute Gasteiger partial charge is 0.177 e. The minimum Gasteiger partial charge on any atom is -0.293 e. The van der Waals surface area contributed by atoms with E-state index in [1.807, 2.05) is 12.1 Å². The number of benzene rings is 1. The molecule has 0 N–H and O–H groups in total. The molecule has 0 amide bonds. The number of carbonyl (C=O) groups is 1. The quantitative estimate of drug-likeness (QED) is 0.717. The van der Waals surface area contributed by atoms with E-state index in [4.69, 9.17) is 11.6 Å². The van der Waals surface area contributed by atoms with Gasteiger partial charge in [-0.1, -0.05) is 56.6 Å². The molecule has 1 heterocycles. The molecule has 100 valence electrons. The van der Waals surface area contributed by atoms with Crippen LogP contribution in [0.5, 0.6) is 0 Å². The Morgan fingerprint density at radius 2 is 1.74 bits per heavy atom. The Hall–Kier alpha value is -1.12. The zero-order valence-corrected chi connectivity index (χ0v) is 12.9. The van der Waals surface area contributed by atoms with E-state index < -0.39 is 0 Å². The fourth-order valence-corrected chi connectivity index (χ4v) is 2.84. The van der Waals surface area contributed by atoms with Crippen molar-refractivity contribution in [1.82, 2.24) is 0 Å². The molecule has 0 bridgehead atoms. The summed E-state index contributed by atoms with van der Waals surface area (Å²) < 4.78 is 0.659. The van der Waals surface area contributed by atoms with Crippen LogP contribution in [-0.2, 0) is 11.8 Å². The lowest BCUT2D eigenvalue weighted by atomic mass is 9.86. The highest BCUT2D eigenvalue weighted by Gasteiger charge is 2.14. The SMILES string of the molecule is CC(C)(C)c1ccc(CC(=O)c2ccc(Cl)s2)cc1. The number of hydrogen-bond donors (Lipinski definition) is 0. The predicted molar refractivity (Wildman–Crippen MR) is 82.5 cm³/mol. The number of Topliss-reactive ketones (excluding diaryl/α,β-unsaturated/α-hetero) is 1. The molecule has 0 aliphatic carbocycles. The summed E-state index contributed by atoms with van der Waals surface area (Å²) >= 11 is 7.18. The van der Waals surface area contributed by atoms with Crippen molar-refractivity contribution in [2.45, 2.75) is 32.6 Å². The molecule has 0 saturated heterocycles. The Kier molecular flexibility index (Phi) is 4.12. The Labute approximate surface area is 123 Å². The van der Waals surface area contributed by atoms with E-state index in [1.54, 1.807) is 12.1 Å². The van der Waals surface area contributed by atoms with Crippen LogP contribution in [0.2, 0.25) is 4.34 Å². The van der Waals surface area contributed by atoms with Gasteiger partial charge in [-0.25, -0.2) is 0 Å². The van der Waals surface area contributed by atoms with Crippen LogP contribution in [0.15, 0.2) is 36.4 Å². The molecule has 2 rings (SSSR count). The fourth-order valence-electron chi connectivity index (χ4n) is 1.86. The summed E-state index contributed by atoms with van der Waals surface area (Å²) in [7, 11) is 0. The van der Waals surface area contributed by atoms with Gasteiger partial charge < -0.3 is 0 Å². The third kappa shape index (κ3) is 3.68. The second kappa shape index (κ2) is 5.48. The second-order valence-corrected chi connectivity index (χ2v) is 7.37. The monoisotopic (exact) mass is 292 g/mol. The van der Waals surface area contributed by atoms with Crippen molar-refractivity contribution in [3.05, 3.63) is 56.7 Å². The topological polar surface area (TPSA) is 17.1 Å². The van der Waals surface area contributed by atoms with Gasteiger partial charge >= 0.3 is 0 Å². The van der Waals surface area contributed by atoms with Crippen molar-refractivity contribution >= 4 is 28.7 Å². The highest BCUT2D eigenvalue weighted by Crippen LogP contribution is 2.24. The van der Waals surface area contributed by atoms with Gasteiger partial charge in [-0.2, -0.15) is 0 Å². The molecule has 2 aromatic rings. The first-order valence-corrected chi connectivity index (χ1v) is 7.43. The predicted octanol–water partition coefficient (Wildman–Crippen LogP) is 5.12. The maximum absolute atomic E-state index is 12.1. The first-order chi connectivity index (χ1) is 8.86. The number of rotatable bonds is 3. The summed E-state index contributed by atoms with van der Waals surface area (Å²) in [6.45, 7) is 6.54. The molecule has 0 unspecified atom stereocenters. The minimum absolute atomic E-state index is 0.125. The van der Waals surface area contributed by atoms with Gasteiger partial charge in [0.15, 0.2) is 5.78 Å². The highest BCUT2D eigenvalue weighted by molar-refractivity contribution is 7.18. The molecule has 0 fully saturated rings. The van der Waals surface area contributed by atoms with Crippen molar-refractivity contribution in [2.24, 2.45) is 0 Å². The average molecular weight is 293 g/mol. The normalized spacial score (nSPS) is 11.6. The molecule has 0 saturated carbocycles. The molecule has 1 aromatic carbocycles. The molecule has 0 aliphatic rings. The van der Waals surface area contributed by atoms with Gasteiger partial charge in [0.25, 0.3) is 0 Å². The van der Waals surface area contributed by atoms with Crippen molar-refractivity contribution in [1.29, 1.82) is 0 Å². The van der Waals surface area contributed by atoms with Crippen molar-refractivity contribution in [3.63, 3.8) is 0 Å². The van der Waals surface area contributed by atoms with Crippen molar-refractivity contribution < 1.29 is 4.79 Å². The molecule has 0 atom stereocenters. The Morgan fingerprint density at radius 3 is 2.21 bits per heavy atom. The van der Waals surface area contributed by atoms with Crippen LogP contribution >= 0.6 is 22.9 Å². The molecular formula is C16H17ClOS. The lowest BCUT2D eigenvalue weighted by Gasteiger charge is -2.19. The van der Waals surface area contributed by atoms with Crippen LogP contribution < -0.4 is 0 Å². The van der Waals surface area contributed by atoms with Gasteiger partial charge in [0.05, 0.1) is 9.21 Å². The van der Waals surface area contributed by atoms with Crippen molar-refractivity contribution in [3.8, 4) is 0 Å². The summed E-state index contributed by atoms with van der Waals surface area (Å²) in [6.07, 6.45) is 0.432. The minimum atomic E-state index is 0.125. The van der Waals surface area contributed by atoms with Crippen LogP contribution in [0.4, 0.5) is 0 Å². The van der Waals surface area contributed by atoms with E-state index in [2.05, 4.69) is 32.9 Å². The zero-order chi connectivity index (χ0) is 14.0. The van der Waals surface area contributed by atoms with E-state index in [-0.39, 0.29) is 11.2 Å². The van der Waals surface area contributed by atoms with Crippen LogP contribution in [0.3, 0.4) is 0 Å². The molecule has 1 nitrogen and oxygen atoms in total. The van der Waals surface area contributed by atoms with Gasteiger partial charge in [-0.05, 0) is 28.7 Å². The summed E-state index contributed by atoms with van der Waals surface area (Å²) in [6, 6.07) is 11.8. The Balaban J connectivity index is 2.10. The van der Waals surface area contributed by atoms with Crippen LogP contribution in [0, 0.1) is 0 Å². The molecule has 0 radical (unpaired) electrons. The Bertz CT molecular complexity index is 576. The van der Waals surface area contributed by atoms with Gasteiger partial charge in [0.1, 0.15) is 0 Å². The summed E-state index contributed by atoms with van der Waals surface area (Å²) in [5, 5.41) is 0. The van der Waals surface area contributed by atoms with Gasteiger partial charge in [0.2, 0.25) is 0 Å². The maximum atomic E-state index is 12.1. The van der Waals surface area contributed by atoms with E-state index in [9.17, 15) is 4.79 Å². The van der Waals surface area contributed by atoms with Crippen LogP contribution in [0.25, 0.3) is 0 Å². The van der Waals surface area contributed by atoms with Gasteiger partial charge in [0, 0.05) is 6.42 Å². The molecule has 3 heteroatoms. The molecule has 1 aromatic heterocycles. The first-order valence-electron chi connectivity index (χ1n) is 6.24. The van der Waals surface area contributed by atoms with E-state index >= 15 is 0 Å². The Morgan fingerprint density at radius 1 is 1.11 bits per heavy atom. The van der Waals surface area contributed by atoms with Crippen LogP contribution in [0.1, 0.15) is 41.6 Å². The van der Waals surface area contributed by atoms with Crippen LogP contribution in [-0.4, -0.2) is 5.78 Å². The first kappa shape index (κ1) is 14.3. The number of hydrogen-bond acceptors (Lipinski definition) is 2. The van der Waals surface area contributed by atoms with E-state index in [1.165, 1.54) is 16.9 Å². The summed E-state index contributed by atoms with van der Waals surface area (Å²) in [5.74, 6) is 0.125. The standard InChI is InChI=1S/C16H17ClOS/c1-16(2,3)12-6-4-11(5-7-12)10-13(18)14-8-9-15(17)19-14/h4-9H,10H2,1-3H3. The van der Waals surface area contributed by atoms with Crippen molar-refractivity contribution in [2.75, 3.05) is 0 Å². The lowest BCUT2D eigenvalue weighted by Crippen LogP contribution is -2.11. The second-order valence-electron chi connectivity index (χ2n) is 5.65. The zero-order valence-electron chi connectivity index (χ0n) is 11.4. The van der Waals surface area contributed by atoms with Gasteiger partial charge in [-0.3, -0.25) is 4.79 Å². The highest BCUT2D eigenvalue weighted by atomic mass is 35.5. The molecule has 0 aliphatic heterocycles. The van der Waals surface area contributed by atoms with Gasteiger partial charge in [-0.15, -0.1) is 11.3 Å². The molecule has 0 spiro atoms. The fraction of sp³-hybridized carbons (Fsp3) is 0.312. The number of halogens is 1. The molecular weight excluding hydrogens is 276 g/mol. The molecule has 19 heavy (non-hydrogen) atoms. The number of thiophene rings is 1. The van der Waals surface area contributed by atoms with E-state index in [0.717, 1.165) is 10.4 Å². The van der Waals surface area contributed by atoms with E-state index in [0.29, 0.717) is 10.8 Å². The lowest BCUT2D eigenvalue weighted by molar-refractivity contribution is 0.0997. The third-order valence-electron chi connectivity index (χ3n) is 3.03. The number of ketones is 1. The maximum Gasteiger partial charge on any atom is 0.177 e.